The number of guanidine groups is 1. The van der Waals surface area contributed by atoms with Gasteiger partial charge in [-0.05, 0) is 36.5 Å². The summed E-state index contributed by atoms with van der Waals surface area (Å²) in [6.45, 7) is 0.656. The van der Waals surface area contributed by atoms with Crippen LogP contribution in [0.5, 0.6) is 0 Å². The molecular formula is C17H22IN3O. The van der Waals surface area contributed by atoms with Crippen LogP contribution in [0.15, 0.2) is 58.1 Å². The van der Waals surface area contributed by atoms with Crippen LogP contribution in [-0.2, 0) is 13.0 Å². The minimum atomic E-state index is 0. The monoisotopic (exact) mass is 411 g/mol. The number of nitrogens with zero attached hydrogens (tertiary/aromatic N) is 1. The maximum absolute atomic E-state index is 5.30. The first-order chi connectivity index (χ1) is 10.3. The Morgan fingerprint density at radius 3 is 2.73 bits per heavy atom. The SMILES string of the molecule is CN=C(NCc1ccco1)NC1CC1Cc1ccccc1.I. The predicted molar refractivity (Wildman–Crippen MR) is 99.5 cm³/mol. The minimum absolute atomic E-state index is 0. The van der Waals surface area contributed by atoms with Crippen LogP contribution in [0, 0.1) is 5.92 Å². The van der Waals surface area contributed by atoms with Gasteiger partial charge in [0.2, 0.25) is 0 Å². The molecule has 2 unspecified atom stereocenters. The van der Waals surface area contributed by atoms with Gasteiger partial charge in [-0.15, -0.1) is 24.0 Å². The molecule has 1 aromatic carbocycles. The lowest BCUT2D eigenvalue weighted by molar-refractivity contribution is 0.501. The molecule has 5 heteroatoms. The van der Waals surface area contributed by atoms with Crippen LogP contribution in [0.1, 0.15) is 17.7 Å². The molecule has 118 valence electrons. The van der Waals surface area contributed by atoms with Gasteiger partial charge >= 0.3 is 0 Å². The second-order valence-corrected chi connectivity index (χ2v) is 5.44. The molecule has 4 nitrogen and oxygen atoms in total. The van der Waals surface area contributed by atoms with Crippen LogP contribution in [0.3, 0.4) is 0 Å². The predicted octanol–water partition coefficient (Wildman–Crippen LogP) is 3.19. The molecule has 0 amide bonds. The van der Waals surface area contributed by atoms with Gasteiger partial charge in [-0.1, -0.05) is 30.3 Å². The highest BCUT2D eigenvalue weighted by molar-refractivity contribution is 14.0. The fraction of sp³-hybridized carbons (Fsp3) is 0.353. The van der Waals surface area contributed by atoms with Crippen molar-refractivity contribution in [2.75, 3.05) is 7.05 Å². The minimum Gasteiger partial charge on any atom is -0.467 e. The molecule has 2 N–H and O–H groups in total. The first-order valence-electron chi connectivity index (χ1n) is 7.38. The van der Waals surface area contributed by atoms with Crippen molar-refractivity contribution in [3.8, 4) is 0 Å². The van der Waals surface area contributed by atoms with E-state index in [0.717, 1.165) is 18.1 Å². The van der Waals surface area contributed by atoms with E-state index in [0.29, 0.717) is 18.5 Å². The van der Waals surface area contributed by atoms with Crippen molar-refractivity contribution in [2.45, 2.75) is 25.4 Å². The van der Waals surface area contributed by atoms with Gasteiger partial charge < -0.3 is 15.1 Å². The molecule has 3 rings (SSSR count). The smallest absolute Gasteiger partial charge is 0.191 e. The summed E-state index contributed by atoms with van der Waals surface area (Å²) in [5, 5.41) is 6.74. The van der Waals surface area contributed by atoms with Crippen LogP contribution < -0.4 is 10.6 Å². The van der Waals surface area contributed by atoms with Crippen molar-refractivity contribution < 1.29 is 4.42 Å². The van der Waals surface area contributed by atoms with Crippen molar-refractivity contribution in [3.05, 3.63) is 60.1 Å². The molecule has 0 saturated heterocycles. The van der Waals surface area contributed by atoms with Gasteiger partial charge in [0.05, 0.1) is 12.8 Å². The van der Waals surface area contributed by atoms with Gasteiger partial charge in [0.1, 0.15) is 5.76 Å². The van der Waals surface area contributed by atoms with Gasteiger partial charge in [-0.25, -0.2) is 0 Å². The van der Waals surface area contributed by atoms with Crippen molar-refractivity contribution in [1.29, 1.82) is 0 Å². The molecule has 2 atom stereocenters. The second kappa shape index (κ2) is 8.22. The van der Waals surface area contributed by atoms with Crippen LogP contribution in [-0.4, -0.2) is 19.0 Å². The average molecular weight is 411 g/mol. The zero-order valence-electron chi connectivity index (χ0n) is 12.7. The molecule has 1 aliphatic carbocycles. The second-order valence-electron chi connectivity index (χ2n) is 5.44. The Balaban J connectivity index is 0.00000176. The zero-order chi connectivity index (χ0) is 14.5. The highest BCUT2D eigenvalue weighted by Gasteiger charge is 2.37. The number of furan rings is 1. The highest BCUT2D eigenvalue weighted by Crippen LogP contribution is 2.33. The van der Waals surface area contributed by atoms with Gasteiger partial charge in [0.25, 0.3) is 0 Å². The Morgan fingerprint density at radius 2 is 2.05 bits per heavy atom. The van der Waals surface area contributed by atoms with Gasteiger partial charge in [-0.2, -0.15) is 0 Å². The van der Waals surface area contributed by atoms with E-state index in [2.05, 4.69) is 46.0 Å². The molecule has 1 aromatic heterocycles. The number of hydrogen-bond donors (Lipinski definition) is 2. The van der Waals surface area contributed by atoms with E-state index in [1.165, 1.54) is 12.0 Å². The lowest BCUT2D eigenvalue weighted by Gasteiger charge is -2.10. The van der Waals surface area contributed by atoms with E-state index in [4.69, 9.17) is 4.42 Å². The van der Waals surface area contributed by atoms with E-state index in [-0.39, 0.29) is 24.0 Å². The van der Waals surface area contributed by atoms with E-state index >= 15 is 0 Å². The third kappa shape index (κ3) is 4.76. The number of nitrogens with one attached hydrogen (secondary N) is 2. The molecular weight excluding hydrogens is 389 g/mol. The fourth-order valence-corrected chi connectivity index (χ4v) is 2.52. The summed E-state index contributed by atoms with van der Waals surface area (Å²) in [5.74, 6) is 2.45. The summed E-state index contributed by atoms with van der Waals surface area (Å²) in [6, 6.07) is 15.0. The summed E-state index contributed by atoms with van der Waals surface area (Å²) >= 11 is 0. The summed E-state index contributed by atoms with van der Waals surface area (Å²) < 4.78 is 5.30. The summed E-state index contributed by atoms with van der Waals surface area (Å²) in [6.07, 6.45) is 4.02. The highest BCUT2D eigenvalue weighted by atomic mass is 127. The largest absolute Gasteiger partial charge is 0.467 e. The zero-order valence-corrected chi connectivity index (χ0v) is 15.0. The Hall–Kier alpha value is -1.50. The molecule has 22 heavy (non-hydrogen) atoms. The van der Waals surface area contributed by atoms with E-state index in [9.17, 15) is 0 Å². The third-order valence-corrected chi connectivity index (χ3v) is 3.82. The van der Waals surface area contributed by atoms with Crippen molar-refractivity contribution in [3.63, 3.8) is 0 Å². The molecule has 1 heterocycles. The van der Waals surface area contributed by atoms with Crippen LogP contribution >= 0.6 is 24.0 Å². The van der Waals surface area contributed by atoms with Crippen molar-refractivity contribution in [1.82, 2.24) is 10.6 Å². The Bertz CT molecular complexity index is 583. The molecule has 2 aromatic rings. The number of aliphatic imine (C=N–C) groups is 1. The van der Waals surface area contributed by atoms with Gasteiger partial charge in [0, 0.05) is 13.1 Å². The first-order valence-corrected chi connectivity index (χ1v) is 7.38. The topological polar surface area (TPSA) is 49.6 Å². The van der Waals surface area contributed by atoms with E-state index in [1.807, 2.05) is 12.1 Å². The molecule has 0 radical (unpaired) electrons. The van der Waals surface area contributed by atoms with Gasteiger partial charge in [0.15, 0.2) is 5.96 Å². The maximum Gasteiger partial charge on any atom is 0.191 e. The normalized spacial score (nSPS) is 20.1. The fourth-order valence-electron chi connectivity index (χ4n) is 2.52. The van der Waals surface area contributed by atoms with Crippen LogP contribution in [0.2, 0.25) is 0 Å². The van der Waals surface area contributed by atoms with Crippen molar-refractivity contribution in [2.24, 2.45) is 10.9 Å². The van der Waals surface area contributed by atoms with Gasteiger partial charge in [-0.3, -0.25) is 4.99 Å². The Morgan fingerprint density at radius 1 is 1.23 bits per heavy atom. The number of halogens is 1. The van der Waals surface area contributed by atoms with Crippen molar-refractivity contribution >= 4 is 29.9 Å². The van der Waals surface area contributed by atoms with Crippen LogP contribution in [0.25, 0.3) is 0 Å². The van der Waals surface area contributed by atoms with E-state index < -0.39 is 0 Å². The standard InChI is InChI=1S/C17H21N3O.HI/c1-18-17(19-12-15-8-5-9-21-15)20-16-11-14(16)10-13-6-3-2-4-7-13;/h2-9,14,16H,10-12H2,1H3,(H2,18,19,20);1H. The molecule has 0 bridgehead atoms. The lowest BCUT2D eigenvalue weighted by Crippen LogP contribution is -2.38. The summed E-state index contributed by atoms with van der Waals surface area (Å²) in [4.78, 5) is 4.26. The Kier molecular flexibility index (Phi) is 6.30. The van der Waals surface area contributed by atoms with Crippen LogP contribution in [0.4, 0.5) is 0 Å². The molecule has 1 aliphatic rings. The quantitative estimate of drug-likeness (QED) is 0.452. The maximum atomic E-state index is 5.30. The summed E-state index contributed by atoms with van der Waals surface area (Å²) in [5.41, 5.74) is 1.41. The Labute approximate surface area is 148 Å². The molecule has 0 spiro atoms. The average Bonchev–Trinajstić information content (AvgIpc) is 3.02. The molecule has 1 fully saturated rings. The number of benzene rings is 1. The third-order valence-electron chi connectivity index (χ3n) is 3.82. The molecule has 0 aliphatic heterocycles. The molecule has 1 saturated carbocycles. The summed E-state index contributed by atoms with van der Waals surface area (Å²) in [7, 11) is 1.80. The van der Waals surface area contributed by atoms with E-state index in [1.54, 1.807) is 13.3 Å². The first kappa shape index (κ1) is 16.9. The number of rotatable bonds is 5. The number of hydrogen-bond acceptors (Lipinski definition) is 2. The lowest BCUT2D eigenvalue weighted by atomic mass is 10.1.